The van der Waals surface area contributed by atoms with Crippen LogP contribution >= 0.6 is 11.3 Å². The Kier molecular flexibility index (Phi) is 4.72. The van der Waals surface area contributed by atoms with Gasteiger partial charge in [0.25, 0.3) is 11.8 Å². The standard InChI is InChI=1S/C22H15FN4O3S/c23-15-4-1-12(2-5-15)14-8-17(24-9-14)21(29)27-22-26-18(11-31-22)13-3-6-19-16(7-13)25-20(28)10-30-19/h1-9,11,24H,10H2,(H,25,28)(H,26,27,29). The molecular weight excluding hydrogens is 419 g/mol. The zero-order valence-electron chi connectivity index (χ0n) is 15.9. The number of nitrogens with one attached hydrogen (secondary N) is 3. The first-order chi connectivity index (χ1) is 15.0. The second kappa shape index (κ2) is 7.69. The average molecular weight is 434 g/mol. The van der Waals surface area contributed by atoms with Crippen molar-refractivity contribution in [2.45, 2.75) is 0 Å². The van der Waals surface area contributed by atoms with Crippen LogP contribution in [-0.4, -0.2) is 28.4 Å². The molecule has 2 aromatic heterocycles. The lowest BCUT2D eigenvalue weighted by Gasteiger charge is -2.18. The van der Waals surface area contributed by atoms with Crippen LogP contribution in [0.4, 0.5) is 15.2 Å². The summed E-state index contributed by atoms with van der Waals surface area (Å²) < 4.78 is 18.5. The maximum atomic E-state index is 13.1. The Balaban J connectivity index is 1.31. The van der Waals surface area contributed by atoms with Crippen LogP contribution in [0.3, 0.4) is 0 Å². The molecule has 0 atom stereocenters. The molecule has 0 saturated carbocycles. The molecule has 2 aromatic carbocycles. The Morgan fingerprint density at radius 3 is 2.74 bits per heavy atom. The van der Waals surface area contributed by atoms with Crippen molar-refractivity contribution in [1.82, 2.24) is 9.97 Å². The molecule has 3 heterocycles. The lowest BCUT2D eigenvalue weighted by molar-refractivity contribution is -0.118. The van der Waals surface area contributed by atoms with Crippen LogP contribution in [0.1, 0.15) is 10.5 Å². The number of hydrogen-bond acceptors (Lipinski definition) is 5. The predicted molar refractivity (Wildman–Crippen MR) is 116 cm³/mol. The van der Waals surface area contributed by atoms with Crippen molar-refractivity contribution in [3.8, 4) is 28.1 Å². The van der Waals surface area contributed by atoms with E-state index in [1.165, 1.54) is 23.5 Å². The highest BCUT2D eigenvalue weighted by Gasteiger charge is 2.18. The van der Waals surface area contributed by atoms with Crippen LogP contribution < -0.4 is 15.4 Å². The summed E-state index contributed by atoms with van der Waals surface area (Å²) in [6.45, 7) is 0.000839. The number of fused-ring (bicyclic) bond motifs is 1. The second-order valence-electron chi connectivity index (χ2n) is 6.85. The number of amides is 2. The van der Waals surface area contributed by atoms with Gasteiger partial charge < -0.3 is 15.0 Å². The highest BCUT2D eigenvalue weighted by Crippen LogP contribution is 2.34. The number of H-pyrrole nitrogens is 1. The quantitative estimate of drug-likeness (QED) is 0.440. The number of thiazole rings is 1. The van der Waals surface area contributed by atoms with E-state index in [0.717, 1.165) is 16.7 Å². The Labute approximate surface area is 179 Å². The minimum atomic E-state index is -0.333. The van der Waals surface area contributed by atoms with E-state index < -0.39 is 0 Å². The Hall–Kier alpha value is -3.98. The second-order valence-corrected chi connectivity index (χ2v) is 7.71. The average Bonchev–Trinajstić information content (AvgIpc) is 3.44. The van der Waals surface area contributed by atoms with E-state index in [1.807, 2.05) is 11.4 Å². The Morgan fingerprint density at radius 2 is 1.90 bits per heavy atom. The van der Waals surface area contributed by atoms with Gasteiger partial charge in [0.05, 0.1) is 11.4 Å². The number of hydrogen-bond donors (Lipinski definition) is 3. The summed E-state index contributed by atoms with van der Waals surface area (Å²) in [4.78, 5) is 31.5. The summed E-state index contributed by atoms with van der Waals surface area (Å²) in [5.74, 6) is -0.247. The van der Waals surface area contributed by atoms with E-state index in [2.05, 4.69) is 20.6 Å². The zero-order valence-corrected chi connectivity index (χ0v) is 16.8. The third-order valence-corrected chi connectivity index (χ3v) is 5.50. The van der Waals surface area contributed by atoms with Crippen molar-refractivity contribution >= 4 is 34.0 Å². The van der Waals surface area contributed by atoms with E-state index >= 15 is 0 Å². The molecule has 0 spiro atoms. The molecule has 31 heavy (non-hydrogen) atoms. The fraction of sp³-hybridized carbons (Fsp3) is 0.0455. The molecule has 1 aliphatic heterocycles. The number of aromatic nitrogens is 2. The molecule has 0 fully saturated rings. The van der Waals surface area contributed by atoms with Gasteiger partial charge in [-0.2, -0.15) is 0 Å². The molecule has 9 heteroatoms. The number of carbonyl (C=O) groups excluding carboxylic acids is 2. The molecule has 1 aliphatic rings. The summed E-state index contributed by atoms with van der Waals surface area (Å²) in [5, 5.41) is 7.80. The SMILES string of the molecule is O=C1COc2ccc(-c3csc(NC(=O)c4cc(-c5ccc(F)cc5)c[nH]4)n3)cc2N1. The fourth-order valence-corrected chi connectivity index (χ4v) is 3.92. The fourth-order valence-electron chi connectivity index (χ4n) is 3.21. The smallest absolute Gasteiger partial charge is 0.273 e. The van der Waals surface area contributed by atoms with Crippen molar-refractivity contribution in [1.29, 1.82) is 0 Å². The lowest BCUT2D eigenvalue weighted by Crippen LogP contribution is -2.25. The third kappa shape index (κ3) is 3.90. The number of anilines is 2. The van der Waals surface area contributed by atoms with Gasteiger partial charge in [0, 0.05) is 17.1 Å². The highest BCUT2D eigenvalue weighted by atomic mass is 32.1. The van der Waals surface area contributed by atoms with Gasteiger partial charge in [-0.25, -0.2) is 9.37 Å². The number of benzene rings is 2. The van der Waals surface area contributed by atoms with Crippen LogP contribution in [0.15, 0.2) is 60.1 Å². The molecule has 0 saturated heterocycles. The monoisotopic (exact) mass is 434 g/mol. The number of rotatable bonds is 4. The van der Waals surface area contributed by atoms with Crippen molar-refractivity contribution in [2.75, 3.05) is 17.2 Å². The molecule has 3 N–H and O–H groups in total. The summed E-state index contributed by atoms with van der Waals surface area (Å²) in [6, 6.07) is 13.2. The molecular formula is C22H15FN4O3S. The van der Waals surface area contributed by atoms with Crippen LogP contribution in [0, 0.1) is 5.82 Å². The van der Waals surface area contributed by atoms with Crippen molar-refractivity contribution in [3.05, 3.63) is 71.6 Å². The van der Waals surface area contributed by atoms with Crippen LogP contribution in [0.2, 0.25) is 0 Å². The largest absolute Gasteiger partial charge is 0.482 e. The van der Waals surface area contributed by atoms with Crippen LogP contribution in [0.25, 0.3) is 22.4 Å². The summed E-state index contributed by atoms with van der Waals surface area (Å²) in [7, 11) is 0. The number of aromatic amines is 1. The van der Waals surface area contributed by atoms with Crippen molar-refractivity contribution in [3.63, 3.8) is 0 Å². The van der Waals surface area contributed by atoms with E-state index in [-0.39, 0.29) is 24.2 Å². The highest BCUT2D eigenvalue weighted by molar-refractivity contribution is 7.14. The molecule has 5 rings (SSSR count). The number of nitrogens with zero attached hydrogens (tertiary/aromatic N) is 1. The van der Waals surface area contributed by atoms with Gasteiger partial charge in [-0.1, -0.05) is 12.1 Å². The van der Waals surface area contributed by atoms with E-state index in [0.29, 0.717) is 28.0 Å². The van der Waals surface area contributed by atoms with Crippen LogP contribution in [0.5, 0.6) is 5.75 Å². The van der Waals surface area contributed by atoms with Gasteiger partial charge in [-0.15, -0.1) is 11.3 Å². The summed E-state index contributed by atoms with van der Waals surface area (Å²) >= 11 is 1.29. The first kappa shape index (κ1) is 19.0. The van der Waals surface area contributed by atoms with Gasteiger partial charge in [-0.3, -0.25) is 14.9 Å². The molecule has 0 radical (unpaired) electrons. The molecule has 154 valence electrons. The maximum absolute atomic E-state index is 13.1. The minimum absolute atomic E-state index is 0.000839. The molecule has 7 nitrogen and oxygen atoms in total. The number of halogens is 1. The zero-order chi connectivity index (χ0) is 21.4. The van der Waals surface area contributed by atoms with Gasteiger partial charge in [-0.05, 0) is 47.5 Å². The van der Waals surface area contributed by atoms with E-state index in [4.69, 9.17) is 4.74 Å². The molecule has 0 bridgehead atoms. The molecule has 2 amide bonds. The molecule has 0 aliphatic carbocycles. The summed E-state index contributed by atoms with van der Waals surface area (Å²) in [5.41, 5.74) is 4.00. The topological polar surface area (TPSA) is 96.1 Å². The normalized spacial score (nSPS) is 12.6. The molecule has 4 aromatic rings. The predicted octanol–water partition coefficient (Wildman–Crippen LogP) is 4.53. The number of ether oxygens (including phenoxy) is 1. The van der Waals surface area contributed by atoms with Crippen molar-refractivity contribution < 1.29 is 18.7 Å². The van der Waals surface area contributed by atoms with Gasteiger partial charge >= 0.3 is 0 Å². The first-order valence-corrected chi connectivity index (χ1v) is 10.2. The summed E-state index contributed by atoms with van der Waals surface area (Å²) in [6.07, 6.45) is 1.69. The van der Waals surface area contributed by atoms with E-state index in [1.54, 1.807) is 36.5 Å². The lowest BCUT2D eigenvalue weighted by atomic mass is 10.1. The Bertz CT molecular complexity index is 1300. The Morgan fingerprint density at radius 1 is 1.10 bits per heavy atom. The number of carbonyl (C=O) groups is 2. The first-order valence-electron chi connectivity index (χ1n) is 9.33. The van der Waals surface area contributed by atoms with Gasteiger partial charge in [0.2, 0.25) is 0 Å². The van der Waals surface area contributed by atoms with E-state index in [9.17, 15) is 14.0 Å². The van der Waals surface area contributed by atoms with Crippen LogP contribution in [-0.2, 0) is 4.79 Å². The van der Waals surface area contributed by atoms with Gasteiger partial charge in [0.15, 0.2) is 11.7 Å². The maximum Gasteiger partial charge on any atom is 0.273 e. The minimum Gasteiger partial charge on any atom is -0.482 e. The van der Waals surface area contributed by atoms with Gasteiger partial charge in [0.1, 0.15) is 17.3 Å². The molecule has 0 unspecified atom stereocenters. The third-order valence-electron chi connectivity index (χ3n) is 4.74. The van der Waals surface area contributed by atoms with Crippen molar-refractivity contribution in [2.24, 2.45) is 0 Å².